The third-order valence-corrected chi connectivity index (χ3v) is 4.25. The molecule has 0 saturated heterocycles. The van der Waals surface area contributed by atoms with E-state index in [1.165, 1.54) is 24.4 Å². The Bertz CT molecular complexity index is 945. The van der Waals surface area contributed by atoms with E-state index >= 15 is 0 Å². The van der Waals surface area contributed by atoms with E-state index < -0.39 is 11.8 Å². The minimum absolute atomic E-state index is 0.159. The molecule has 0 saturated carbocycles. The van der Waals surface area contributed by atoms with E-state index in [2.05, 4.69) is 10.3 Å². The van der Waals surface area contributed by atoms with Gasteiger partial charge in [-0.15, -0.1) is 0 Å². The second kappa shape index (κ2) is 4.87. The van der Waals surface area contributed by atoms with Crippen LogP contribution in [0.15, 0.2) is 30.5 Å². The number of carbonyl (C=O) groups is 1. The van der Waals surface area contributed by atoms with Gasteiger partial charge in [-0.1, -0.05) is 0 Å². The van der Waals surface area contributed by atoms with Gasteiger partial charge in [0.05, 0.1) is 5.52 Å². The highest BCUT2D eigenvalue weighted by Crippen LogP contribution is 2.35. The zero-order valence-electron chi connectivity index (χ0n) is 12.4. The summed E-state index contributed by atoms with van der Waals surface area (Å²) in [6, 6.07) is 5.64. The van der Waals surface area contributed by atoms with Crippen LogP contribution in [0.25, 0.3) is 22.0 Å². The molecule has 0 atom stereocenters. The third kappa shape index (κ3) is 2.02. The van der Waals surface area contributed by atoms with Crippen LogP contribution >= 0.6 is 0 Å². The molecule has 0 radical (unpaired) electrons. The monoisotopic (exact) mass is 313 g/mol. The molecule has 0 bridgehead atoms. The van der Waals surface area contributed by atoms with E-state index in [1.807, 2.05) is 11.5 Å². The van der Waals surface area contributed by atoms with Crippen molar-refractivity contribution >= 4 is 16.8 Å². The maximum Gasteiger partial charge on any atom is 0.268 e. The molecule has 1 aromatic carbocycles. The van der Waals surface area contributed by atoms with Crippen LogP contribution in [0.4, 0.5) is 8.78 Å². The molecule has 1 amide bonds. The van der Waals surface area contributed by atoms with Crippen molar-refractivity contribution in [1.29, 1.82) is 0 Å². The van der Waals surface area contributed by atoms with Crippen molar-refractivity contribution < 1.29 is 13.6 Å². The van der Waals surface area contributed by atoms with Gasteiger partial charge in [0.2, 0.25) is 5.95 Å². The molecule has 1 aliphatic heterocycles. The Kier molecular flexibility index (Phi) is 2.94. The Morgan fingerprint density at radius 3 is 2.83 bits per heavy atom. The highest BCUT2D eigenvalue weighted by molar-refractivity contribution is 6.06. The lowest BCUT2D eigenvalue weighted by Crippen LogP contribution is -2.35. The zero-order chi connectivity index (χ0) is 16.1. The summed E-state index contributed by atoms with van der Waals surface area (Å²) < 4.78 is 29.1. The fourth-order valence-corrected chi connectivity index (χ4v) is 3.25. The average molecular weight is 313 g/mol. The maximum atomic E-state index is 14.1. The number of halogens is 2. The number of nitrogens with one attached hydrogen (secondary N) is 1. The van der Waals surface area contributed by atoms with E-state index in [9.17, 15) is 13.6 Å². The molecule has 4 nitrogen and oxygen atoms in total. The third-order valence-electron chi connectivity index (χ3n) is 4.25. The first-order valence-corrected chi connectivity index (χ1v) is 7.28. The number of aryl methyl sites for hydroxylation is 1. The van der Waals surface area contributed by atoms with Gasteiger partial charge in [0, 0.05) is 35.8 Å². The number of nitrogens with zero attached hydrogens (tertiary/aromatic N) is 2. The number of carbonyl (C=O) groups excluding carboxylic acids is 1. The lowest BCUT2D eigenvalue weighted by molar-refractivity contribution is 0.0928. The predicted molar refractivity (Wildman–Crippen MR) is 82.2 cm³/mol. The summed E-state index contributed by atoms with van der Waals surface area (Å²) in [5.74, 6) is -1.15. The van der Waals surface area contributed by atoms with Gasteiger partial charge in [-0.25, -0.2) is 9.37 Å². The Morgan fingerprint density at radius 2 is 2.09 bits per heavy atom. The number of amides is 1. The van der Waals surface area contributed by atoms with Crippen molar-refractivity contribution in [2.24, 2.45) is 0 Å². The first kappa shape index (κ1) is 13.9. The van der Waals surface area contributed by atoms with Crippen molar-refractivity contribution in [3.05, 3.63) is 53.5 Å². The molecule has 1 aliphatic rings. The van der Waals surface area contributed by atoms with Gasteiger partial charge < -0.3 is 9.88 Å². The van der Waals surface area contributed by atoms with Crippen LogP contribution in [0.3, 0.4) is 0 Å². The molecule has 0 unspecified atom stereocenters. The zero-order valence-corrected chi connectivity index (χ0v) is 12.4. The van der Waals surface area contributed by atoms with Crippen molar-refractivity contribution in [2.45, 2.75) is 13.5 Å². The minimum Gasteiger partial charge on any atom is -0.349 e. The van der Waals surface area contributed by atoms with Crippen LogP contribution in [0.5, 0.6) is 0 Å². The minimum atomic E-state index is -0.589. The quantitative estimate of drug-likeness (QED) is 0.702. The van der Waals surface area contributed by atoms with Crippen molar-refractivity contribution in [1.82, 2.24) is 14.9 Å². The SMILES string of the molecule is Cc1c2n(c3c(-c4ccc(F)nc4)cc(F)cc13)CCNC2=O. The molecule has 0 fully saturated rings. The molecule has 2 aromatic heterocycles. The highest BCUT2D eigenvalue weighted by atomic mass is 19.1. The largest absolute Gasteiger partial charge is 0.349 e. The van der Waals surface area contributed by atoms with E-state index in [0.29, 0.717) is 35.3 Å². The smallest absolute Gasteiger partial charge is 0.268 e. The standard InChI is InChI=1S/C17H13F2N3O/c1-9-12-6-11(18)7-13(10-2-3-14(19)21-8-10)16(12)22-5-4-20-17(23)15(9)22/h2-3,6-8H,4-5H2,1H3,(H,20,23). The Balaban J connectivity index is 2.10. The molecule has 3 heterocycles. The van der Waals surface area contributed by atoms with Crippen molar-refractivity contribution in [3.8, 4) is 11.1 Å². The van der Waals surface area contributed by atoms with Gasteiger partial charge >= 0.3 is 0 Å². The summed E-state index contributed by atoms with van der Waals surface area (Å²) in [5.41, 5.74) is 3.29. The number of rotatable bonds is 1. The number of hydrogen-bond acceptors (Lipinski definition) is 2. The fourth-order valence-electron chi connectivity index (χ4n) is 3.25. The van der Waals surface area contributed by atoms with Crippen LogP contribution in [0, 0.1) is 18.7 Å². The van der Waals surface area contributed by atoms with E-state index in [4.69, 9.17) is 0 Å². The second-order valence-electron chi connectivity index (χ2n) is 5.60. The normalized spacial score (nSPS) is 14.0. The first-order valence-electron chi connectivity index (χ1n) is 7.28. The Hall–Kier alpha value is -2.76. The topological polar surface area (TPSA) is 46.9 Å². The molecule has 0 aliphatic carbocycles. The molecule has 23 heavy (non-hydrogen) atoms. The number of fused-ring (bicyclic) bond motifs is 3. The number of hydrogen-bond donors (Lipinski definition) is 1. The first-order chi connectivity index (χ1) is 11.1. The lowest BCUT2D eigenvalue weighted by Gasteiger charge is -2.18. The Morgan fingerprint density at radius 1 is 1.26 bits per heavy atom. The van der Waals surface area contributed by atoms with Crippen LogP contribution < -0.4 is 5.32 Å². The molecule has 116 valence electrons. The molecule has 6 heteroatoms. The lowest BCUT2D eigenvalue weighted by atomic mass is 10.0. The maximum absolute atomic E-state index is 14.1. The van der Waals surface area contributed by atoms with Gasteiger partial charge in [-0.05, 0) is 36.8 Å². The van der Waals surface area contributed by atoms with E-state index in [1.54, 1.807) is 6.07 Å². The number of aromatic nitrogens is 2. The number of benzene rings is 1. The summed E-state index contributed by atoms with van der Waals surface area (Å²) in [6.07, 6.45) is 1.38. The second-order valence-corrected chi connectivity index (χ2v) is 5.60. The molecular weight excluding hydrogens is 300 g/mol. The Labute approximate surface area is 130 Å². The molecule has 4 rings (SSSR count). The summed E-state index contributed by atoms with van der Waals surface area (Å²) in [6.45, 7) is 2.94. The summed E-state index contributed by atoms with van der Waals surface area (Å²) in [4.78, 5) is 15.8. The number of pyridine rings is 1. The highest BCUT2D eigenvalue weighted by Gasteiger charge is 2.25. The van der Waals surface area contributed by atoms with Crippen LogP contribution in [0.1, 0.15) is 16.1 Å². The molecule has 1 N–H and O–H groups in total. The summed E-state index contributed by atoms with van der Waals surface area (Å²) in [5, 5.41) is 3.50. The summed E-state index contributed by atoms with van der Waals surface area (Å²) in [7, 11) is 0. The molecule has 3 aromatic rings. The average Bonchev–Trinajstić information content (AvgIpc) is 2.82. The van der Waals surface area contributed by atoms with E-state index in [-0.39, 0.29) is 5.91 Å². The van der Waals surface area contributed by atoms with Gasteiger partial charge in [-0.3, -0.25) is 4.79 Å². The van der Waals surface area contributed by atoms with Crippen molar-refractivity contribution in [2.75, 3.05) is 6.54 Å². The van der Waals surface area contributed by atoms with Crippen LogP contribution in [-0.4, -0.2) is 22.0 Å². The van der Waals surface area contributed by atoms with E-state index in [0.717, 1.165) is 11.1 Å². The predicted octanol–water partition coefficient (Wildman–Crippen LogP) is 3.03. The summed E-state index contributed by atoms with van der Waals surface area (Å²) >= 11 is 0. The fraction of sp³-hybridized carbons (Fsp3) is 0.176. The van der Waals surface area contributed by atoms with Crippen LogP contribution in [-0.2, 0) is 6.54 Å². The van der Waals surface area contributed by atoms with Crippen molar-refractivity contribution in [3.63, 3.8) is 0 Å². The van der Waals surface area contributed by atoms with Gasteiger partial charge in [0.1, 0.15) is 11.5 Å². The van der Waals surface area contributed by atoms with Gasteiger partial charge in [0.15, 0.2) is 0 Å². The van der Waals surface area contributed by atoms with Crippen LogP contribution in [0.2, 0.25) is 0 Å². The molecule has 0 spiro atoms. The van der Waals surface area contributed by atoms with Gasteiger partial charge in [0.25, 0.3) is 5.91 Å². The molecular formula is C17H13F2N3O. The van der Waals surface area contributed by atoms with Gasteiger partial charge in [-0.2, -0.15) is 4.39 Å².